The molecule has 0 aliphatic heterocycles. The van der Waals surface area contributed by atoms with E-state index < -0.39 is 0 Å². The Labute approximate surface area is 115 Å². The van der Waals surface area contributed by atoms with Crippen molar-refractivity contribution in [3.8, 4) is 0 Å². The van der Waals surface area contributed by atoms with Gasteiger partial charge in [-0.05, 0) is 30.7 Å². The Morgan fingerprint density at radius 2 is 2.05 bits per heavy atom. The maximum absolute atomic E-state index is 12.1. The van der Waals surface area contributed by atoms with Crippen LogP contribution in [0, 0.1) is 5.92 Å². The second-order valence-electron chi connectivity index (χ2n) is 5.55. The van der Waals surface area contributed by atoms with Crippen LogP contribution in [0.15, 0.2) is 30.3 Å². The van der Waals surface area contributed by atoms with Crippen molar-refractivity contribution in [3.63, 3.8) is 0 Å². The number of nitrogens with one attached hydrogen (secondary N) is 1. The zero-order chi connectivity index (χ0) is 13.7. The lowest BCUT2D eigenvalue weighted by Gasteiger charge is -2.20. The van der Waals surface area contributed by atoms with E-state index in [1.54, 1.807) is 0 Å². The highest BCUT2D eigenvalue weighted by Crippen LogP contribution is 2.40. The van der Waals surface area contributed by atoms with E-state index in [1.165, 1.54) is 18.4 Å². The molecule has 0 spiro atoms. The van der Waals surface area contributed by atoms with E-state index in [1.807, 2.05) is 18.2 Å². The molecular weight excluding hydrogens is 236 g/mol. The van der Waals surface area contributed by atoms with Crippen molar-refractivity contribution in [2.45, 2.75) is 51.1 Å². The summed E-state index contributed by atoms with van der Waals surface area (Å²) < 4.78 is 0. The first-order valence-electron chi connectivity index (χ1n) is 7.30. The van der Waals surface area contributed by atoms with Crippen LogP contribution in [0.3, 0.4) is 0 Å². The molecule has 104 valence electrons. The molecule has 2 rings (SSSR count). The standard InChI is InChI=1S/C16H24N2O/c1-2-6-14(17)11-15(19)18-16(13-9-10-13)12-7-4-3-5-8-12/h3-5,7-8,13-14,16H,2,6,9-11,17H2,1H3,(H,18,19). The fourth-order valence-electron chi connectivity index (χ4n) is 2.51. The predicted octanol–water partition coefficient (Wildman–Crippen LogP) is 2.77. The minimum atomic E-state index is -0.0133. The van der Waals surface area contributed by atoms with Crippen LogP contribution in [-0.4, -0.2) is 11.9 Å². The predicted molar refractivity (Wildman–Crippen MR) is 77.6 cm³/mol. The van der Waals surface area contributed by atoms with Crippen LogP contribution >= 0.6 is 0 Å². The van der Waals surface area contributed by atoms with Crippen LogP contribution in [0.4, 0.5) is 0 Å². The Balaban J connectivity index is 1.92. The summed E-state index contributed by atoms with van der Waals surface area (Å²) in [6.45, 7) is 2.09. The van der Waals surface area contributed by atoms with E-state index in [-0.39, 0.29) is 18.0 Å². The molecule has 1 aromatic carbocycles. The van der Waals surface area contributed by atoms with Crippen LogP contribution in [0.2, 0.25) is 0 Å². The van der Waals surface area contributed by atoms with E-state index in [9.17, 15) is 4.79 Å². The molecule has 1 aromatic rings. The molecular formula is C16H24N2O. The summed E-state index contributed by atoms with van der Waals surface area (Å²) in [7, 11) is 0. The lowest BCUT2D eigenvalue weighted by atomic mass is 10.0. The molecule has 3 nitrogen and oxygen atoms in total. The smallest absolute Gasteiger partial charge is 0.222 e. The fraction of sp³-hybridized carbons (Fsp3) is 0.562. The Hall–Kier alpha value is -1.35. The third-order valence-corrected chi connectivity index (χ3v) is 3.68. The van der Waals surface area contributed by atoms with Gasteiger partial charge in [-0.2, -0.15) is 0 Å². The number of nitrogens with two attached hydrogens (primary N) is 1. The van der Waals surface area contributed by atoms with Crippen molar-refractivity contribution in [1.29, 1.82) is 0 Å². The quantitative estimate of drug-likeness (QED) is 0.792. The zero-order valence-corrected chi connectivity index (χ0v) is 11.6. The van der Waals surface area contributed by atoms with Gasteiger partial charge in [0, 0.05) is 12.5 Å². The topological polar surface area (TPSA) is 55.1 Å². The van der Waals surface area contributed by atoms with Gasteiger partial charge in [0.1, 0.15) is 0 Å². The monoisotopic (exact) mass is 260 g/mol. The van der Waals surface area contributed by atoms with Crippen LogP contribution in [0.5, 0.6) is 0 Å². The first-order valence-corrected chi connectivity index (χ1v) is 7.30. The van der Waals surface area contributed by atoms with Crippen molar-refractivity contribution < 1.29 is 4.79 Å². The minimum absolute atomic E-state index is 0.0133. The van der Waals surface area contributed by atoms with Gasteiger partial charge in [0.2, 0.25) is 5.91 Å². The molecule has 1 amide bonds. The van der Waals surface area contributed by atoms with E-state index >= 15 is 0 Å². The van der Waals surface area contributed by atoms with Crippen molar-refractivity contribution >= 4 is 5.91 Å². The first kappa shape index (κ1) is 14.1. The Kier molecular flexibility index (Phi) is 4.97. The average Bonchev–Trinajstić information content (AvgIpc) is 3.21. The average molecular weight is 260 g/mol. The molecule has 0 bridgehead atoms. The number of amides is 1. The van der Waals surface area contributed by atoms with Gasteiger partial charge in [-0.15, -0.1) is 0 Å². The SMILES string of the molecule is CCCC(N)CC(=O)NC(c1ccccc1)C1CC1. The van der Waals surface area contributed by atoms with E-state index in [2.05, 4.69) is 24.4 Å². The number of benzene rings is 1. The molecule has 0 radical (unpaired) electrons. The lowest BCUT2D eigenvalue weighted by Crippen LogP contribution is -2.34. The molecule has 3 N–H and O–H groups in total. The summed E-state index contributed by atoms with van der Waals surface area (Å²) in [6, 6.07) is 10.4. The van der Waals surface area contributed by atoms with Gasteiger partial charge < -0.3 is 11.1 Å². The molecule has 2 atom stereocenters. The molecule has 1 fully saturated rings. The second-order valence-corrected chi connectivity index (χ2v) is 5.55. The maximum atomic E-state index is 12.1. The Bertz CT molecular complexity index is 400. The number of carbonyl (C=O) groups excluding carboxylic acids is 1. The highest BCUT2D eigenvalue weighted by Gasteiger charge is 2.33. The summed E-state index contributed by atoms with van der Waals surface area (Å²) in [5, 5.41) is 3.17. The lowest BCUT2D eigenvalue weighted by molar-refractivity contribution is -0.122. The van der Waals surface area contributed by atoms with E-state index in [0.29, 0.717) is 12.3 Å². The van der Waals surface area contributed by atoms with Gasteiger partial charge >= 0.3 is 0 Å². The first-order chi connectivity index (χ1) is 9.20. The third-order valence-electron chi connectivity index (χ3n) is 3.68. The van der Waals surface area contributed by atoms with Crippen LogP contribution in [-0.2, 0) is 4.79 Å². The number of rotatable bonds is 7. The summed E-state index contributed by atoms with van der Waals surface area (Å²) in [4.78, 5) is 12.1. The molecule has 0 aromatic heterocycles. The van der Waals surface area contributed by atoms with Crippen LogP contribution < -0.4 is 11.1 Å². The van der Waals surface area contributed by atoms with Gasteiger partial charge in [-0.25, -0.2) is 0 Å². The van der Waals surface area contributed by atoms with Gasteiger partial charge in [0.15, 0.2) is 0 Å². The van der Waals surface area contributed by atoms with E-state index in [4.69, 9.17) is 5.73 Å². The third kappa shape index (κ3) is 4.35. The van der Waals surface area contributed by atoms with E-state index in [0.717, 1.165) is 12.8 Å². The highest BCUT2D eigenvalue weighted by atomic mass is 16.1. The second kappa shape index (κ2) is 6.71. The Morgan fingerprint density at radius 1 is 1.37 bits per heavy atom. The number of carbonyl (C=O) groups is 1. The van der Waals surface area contributed by atoms with Crippen LogP contribution in [0.1, 0.15) is 50.6 Å². The summed E-state index contributed by atoms with van der Waals surface area (Å²) in [5.74, 6) is 0.690. The summed E-state index contributed by atoms with van der Waals surface area (Å²) in [5.41, 5.74) is 7.14. The van der Waals surface area contributed by atoms with Crippen molar-refractivity contribution in [2.75, 3.05) is 0 Å². The van der Waals surface area contributed by atoms with Gasteiger partial charge in [-0.1, -0.05) is 43.7 Å². The molecule has 1 saturated carbocycles. The number of hydrogen-bond donors (Lipinski definition) is 2. The zero-order valence-electron chi connectivity index (χ0n) is 11.6. The molecule has 0 saturated heterocycles. The van der Waals surface area contributed by atoms with Gasteiger partial charge in [-0.3, -0.25) is 4.79 Å². The highest BCUT2D eigenvalue weighted by molar-refractivity contribution is 5.77. The summed E-state index contributed by atoms with van der Waals surface area (Å²) in [6.07, 6.45) is 4.79. The molecule has 2 unspecified atom stereocenters. The molecule has 3 heteroatoms. The summed E-state index contributed by atoms with van der Waals surface area (Å²) >= 11 is 0. The fourth-order valence-corrected chi connectivity index (χ4v) is 2.51. The number of hydrogen-bond acceptors (Lipinski definition) is 2. The van der Waals surface area contributed by atoms with Gasteiger partial charge in [0.05, 0.1) is 6.04 Å². The molecule has 0 heterocycles. The largest absolute Gasteiger partial charge is 0.349 e. The normalized spacial score (nSPS) is 17.8. The van der Waals surface area contributed by atoms with Crippen molar-refractivity contribution in [1.82, 2.24) is 5.32 Å². The maximum Gasteiger partial charge on any atom is 0.222 e. The molecule has 19 heavy (non-hydrogen) atoms. The molecule has 1 aliphatic rings. The molecule has 1 aliphatic carbocycles. The van der Waals surface area contributed by atoms with Crippen molar-refractivity contribution in [3.05, 3.63) is 35.9 Å². The van der Waals surface area contributed by atoms with Crippen molar-refractivity contribution in [2.24, 2.45) is 11.7 Å². The van der Waals surface area contributed by atoms with Gasteiger partial charge in [0.25, 0.3) is 0 Å². The Morgan fingerprint density at radius 3 is 2.63 bits per heavy atom. The van der Waals surface area contributed by atoms with Crippen LogP contribution in [0.25, 0.3) is 0 Å². The minimum Gasteiger partial charge on any atom is -0.349 e.